The number of H-pyrrole nitrogens is 1. The molecule has 0 spiro atoms. The fraction of sp³-hybridized carbons (Fsp3) is 0.500. The highest BCUT2D eigenvalue weighted by molar-refractivity contribution is 5.77. The molecule has 2 aromatic rings. The van der Waals surface area contributed by atoms with Gasteiger partial charge in [0.25, 0.3) is 5.56 Å². The molecule has 2 N–H and O–H groups in total. The Bertz CT molecular complexity index is 786. The second-order valence-corrected chi connectivity index (χ2v) is 6.39. The molecule has 2 heterocycles. The van der Waals surface area contributed by atoms with Crippen LogP contribution in [0.4, 0.5) is 0 Å². The van der Waals surface area contributed by atoms with Crippen LogP contribution >= 0.6 is 0 Å². The van der Waals surface area contributed by atoms with Crippen molar-refractivity contribution in [3.05, 3.63) is 40.4 Å². The number of nitrogens with one attached hydrogen (secondary N) is 2. The monoisotopic (exact) mass is 330 g/mol. The lowest BCUT2D eigenvalue weighted by Crippen LogP contribution is -3.13. The summed E-state index contributed by atoms with van der Waals surface area (Å²) in [5.74, 6) is 0.503. The van der Waals surface area contributed by atoms with Crippen LogP contribution in [0, 0.1) is 5.92 Å². The van der Waals surface area contributed by atoms with Crippen LogP contribution in [0.3, 0.4) is 0 Å². The van der Waals surface area contributed by atoms with Gasteiger partial charge in [-0.15, -0.1) is 0 Å². The summed E-state index contributed by atoms with van der Waals surface area (Å²) in [4.78, 5) is 33.1. The summed E-state index contributed by atoms with van der Waals surface area (Å²) in [6, 6.07) is 7.38. The minimum Gasteiger partial charge on any atom is -0.466 e. The van der Waals surface area contributed by atoms with E-state index in [1.807, 2.05) is 25.1 Å². The van der Waals surface area contributed by atoms with E-state index in [1.165, 1.54) is 4.90 Å². The predicted molar refractivity (Wildman–Crippen MR) is 90.8 cm³/mol. The number of hydrogen-bond acceptors (Lipinski definition) is 4. The highest BCUT2D eigenvalue weighted by Gasteiger charge is 2.33. The van der Waals surface area contributed by atoms with E-state index in [0.29, 0.717) is 23.3 Å². The van der Waals surface area contributed by atoms with E-state index in [9.17, 15) is 9.59 Å². The fourth-order valence-electron chi connectivity index (χ4n) is 3.45. The lowest BCUT2D eigenvalue weighted by Gasteiger charge is -2.32. The zero-order valence-electron chi connectivity index (χ0n) is 14.2. The lowest BCUT2D eigenvalue weighted by molar-refractivity contribution is -0.937. The SMILES string of the molecule is CCOC(=O)[C@@H]1CCC[NH+]([C@@H](C)c2nc3ccccc3c(=O)[nH]2)C1. The molecule has 1 fully saturated rings. The lowest BCUT2D eigenvalue weighted by atomic mass is 9.97. The molecule has 1 aromatic heterocycles. The number of benzene rings is 1. The van der Waals surface area contributed by atoms with Crippen molar-refractivity contribution in [2.24, 2.45) is 5.92 Å². The summed E-state index contributed by atoms with van der Waals surface area (Å²) >= 11 is 0. The summed E-state index contributed by atoms with van der Waals surface area (Å²) in [6.07, 6.45) is 1.84. The van der Waals surface area contributed by atoms with E-state index >= 15 is 0 Å². The fourth-order valence-corrected chi connectivity index (χ4v) is 3.45. The second kappa shape index (κ2) is 7.13. The molecule has 3 atom stereocenters. The van der Waals surface area contributed by atoms with Gasteiger partial charge in [-0.25, -0.2) is 4.98 Å². The quantitative estimate of drug-likeness (QED) is 0.815. The number of hydrogen-bond donors (Lipinski definition) is 2. The minimum absolute atomic E-state index is 0.0273. The van der Waals surface area contributed by atoms with Crippen LogP contribution in [0.2, 0.25) is 0 Å². The van der Waals surface area contributed by atoms with Gasteiger partial charge in [0.2, 0.25) is 0 Å². The minimum atomic E-state index is -0.110. The Kier molecular flexibility index (Phi) is 4.94. The number of piperidine rings is 1. The Morgan fingerprint density at radius 3 is 3.04 bits per heavy atom. The number of fused-ring (bicyclic) bond motifs is 1. The third-order valence-corrected chi connectivity index (χ3v) is 4.83. The van der Waals surface area contributed by atoms with Gasteiger partial charge in [0.1, 0.15) is 12.0 Å². The molecule has 1 aromatic carbocycles. The van der Waals surface area contributed by atoms with E-state index in [4.69, 9.17) is 4.74 Å². The molecule has 1 saturated heterocycles. The van der Waals surface area contributed by atoms with E-state index in [-0.39, 0.29) is 23.5 Å². The summed E-state index contributed by atoms with van der Waals surface area (Å²) < 4.78 is 5.17. The molecular formula is C18H24N3O3+. The second-order valence-electron chi connectivity index (χ2n) is 6.39. The number of carbonyl (C=O) groups is 1. The molecule has 6 heteroatoms. The highest BCUT2D eigenvalue weighted by atomic mass is 16.5. The van der Waals surface area contributed by atoms with Crippen LogP contribution in [0.25, 0.3) is 10.9 Å². The first kappa shape index (κ1) is 16.6. The summed E-state index contributed by atoms with van der Waals surface area (Å²) in [5, 5.41) is 0.603. The molecule has 1 aliphatic heterocycles. The Morgan fingerprint density at radius 2 is 2.25 bits per heavy atom. The topological polar surface area (TPSA) is 76.5 Å². The third-order valence-electron chi connectivity index (χ3n) is 4.83. The number of esters is 1. The van der Waals surface area contributed by atoms with Gasteiger partial charge in [-0.3, -0.25) is 9.59 Å². The van der Waals surface area contributed by atoms with Crippen LogP contribution in [-0.2, 0) is 9.53 Å². The first-order valence-corrected chi connectivity index (χ1v) is 8.60. The molecule has 24 heavy (non-hydrogen) atoms. The molecular weight excluding hydrogens is 306 g/mol. The molecule has 6 nitrogen and oxygen atoms in total. The molecule has 0 radical (unpaired) electrons. The van der Waals surface area contributed by atoms with Crippen LogP contribution in [0.15, 0.2) is 29.1 Å². The van der Waals surface area contributed by atoms with Crippen LogP contribution in [-0.4, -0.2) is 35.6 Å². The molecule has 0 bridgehead atoms. The van der Waals surface area contributed by atoms with Gasteiger partial charge in [0.15, 0.2) is 5.82 Å². The third kappa shape index (κ3) is 3.33. The molecule has 1 aliphatic rings. The number of likely N-dealkylation sites (tertiary alicyclic amines) is 1. The van der Waals surface area contributed by atoms with Gasteiger partial charge >= 0.3 is 5.97 Å². The van der Waals surface area contributed by atoms with Gasteiger partial charge < -0.3 is 14.6 Å². The van der Waals surface area contributed by atoms with Gasteiger partial charge in [-0.1, -0.05) is 12.1 Å². The van der Waals surface area contributed by atoms with E-state index < -0.39 is 0 Å². The van der Waals surface area contributed by atoms with Crippen molar-refractivity contribution in [3.8, 4) is 0 Å². The standard InChI is InChI=1S/C18H23N3O3/c1-3-24-18(23)13-7-6-10-21(11-13)12(2)16-19-15-9-5-4-8-14(15)17(22)20-16/h4-5,8-9,12-13H,3,6-7,10-11H2,1-2H3,(H,19,20,22)/p+1/t12-,13+/m0/s1. The molecule has 3 rings (SSSR count). The Balaban J connectivity index is 1.82. The molecule has 1 unspecified atom stereocenters. The number of quaternary nitrogens is 1. The molecule has 0 saturated carbocycles. The average Bonchev–Trinajstić information content (AvgIpc) is 2.61. The van der Waals surface area contributed by atoms with Gasteiger partial charge in [0, 0.05) is 0 Å². The number of nitrogens with zero attached hydrogens (tertiary/aromatic N) is 1. The summed E-state index contributed by atoms with van der Waals surface area (Å²) in [6.45, 7) is 5.98. The first-order valence-electron chi connectivity index (χ1n) is 8.60. The average molecular weight is 330 g/mol. The van der Waals surface area contributed by atoms with Crippen LogP contribution in [0.5, 0.6) is 0 Å². The smallest absolute Gasteiger partial charge is 0.314 e. The Morgan fingerprint density at radius 1 is 1.46 bits per heavy atom. The highest BCUT2D eigenvalue weighted by Crippen LogP contribution is 2.13. The van der Waals surface area contributed by atoms with E-state index in [2.05, 4.69) is 16.9 Å². The van der Waals surface area contributed by atoms with E-state index in [0.717, 1.165) is 25.9 Å². The van der Waals surface area contributed by atoms with Crippen molar-refractivity contribution in [1.82, 2.24) is 9.97 Å². The number of ether oxygens (including phenoxy) is 1. The number of carbonyl (C=O) groups excluding carboxylic acids is 1. The van der Waals surface area contributed by atoms with Gasteiger partial charge in [0.05, 0.1) is 30.6 Å². The molecule has 128 valence electrons. The van der Waals surface area contributed by atoms with Crippen molar-refractivity contribution < 1.29 is 14.4 Å². The van der Waals surface area contributed by atoms with E-state index in [1.54, 1.807) is 6.07 Å². The van der Waals surface area contributed by atoms with Crippen molar-refractivity contribution >= 4 is 16.9 Å². The number of para-hydroxylation sites is 1. The van der Waals surface area contributed by atoms with Gasteiger partial charge in [-0.05, 0) is 38.8 Å². The summed E-state index contributed by atoms with van der Waals surface area (Å²) in [7, 11) is 0. The Hall–Kier alpha value is -2.21. The maximum absolute atomic E-state index is 12.3. The Labute approximate surface area is 140 Å². The maximum atomic E-state index is 12.3. The van der Waals surface area contributed by atoms with Crippen LogP contribution in [0.1, 0.15) is 38.6 Å². The largest absolute Gasteiger partial charge is 0.466 e. The van der Waals surface area contributed by atoms with Crippen molar-refractivity contribution in [1.29, 1.82) is 0 Å². The maximum Gasteiger partial charge on any atom is 0.314 e. The van der Waals surface area contributed by atoms with Crippen molar-refractivity contribution in [3.63, 3.8) is 0 Å². The van der Waals surface area contributed by atoms with Crippen molar-refractivity contribution in [2.75, 3.05) is 19.7 Å². The molecule has 0 aliphatic carbocycles. The summed E-state index contributed by atoms with van der Waals surface area (Å²) in [5.41, 5.74) is 0.599. The zero-order chi connectivity index (χ0) is 17.1. The number of aromatic amines is 1. The van der Waals surface area contributed by atoms with Crippen molar-refractivity contribution in [2.45, 2.75) is 32.7 Å². The predicted octanol–water partition coefficient (Wildman–Crippen LogP) is 0.842. The normalized spacial score (nSPS) is 22.2. The first-order chi connectivity index (χ1) is 11.6. The number of aromatic nitrogens is 2. The van der Waals surface area contributed by atoms with Crippen LogP contribution < -0.4 is 10.5 Å². The van der Waals surface area contributed by atoms with Gasteiger partial charge in [-0.2, -0.15) is 0 Å². The zero-order valence-corrected chi connectivity index (χ0v) is 14.2. The molecule has 0 amide bonds. The number of rotatable bonds is 4.